The third-order valence-electron chi connectivity index (χ3n) is 5.22. The smallest absolute Gasteiger partial charge is 0.248 e. The van der Waals surface area contributed by atoms with Gasteiger partial charge in [0.15, 0.2) is 0 Å². The number of halogens is 3. The van der Waals surface area contributed by atoms with Gasteiger partial charge in [-0.1, -0.05) is 51.3 Å². The van der Waals surface area contributed by atoms with Gasteiger partial charge >= 0.3 is 0 Å². The zero-order valence-corrected chi connectivity index (χ0v) is 22.3. The molecule has 0 saturated heterocycles. The SMILES string of the molecule is COc1ccc(/C=C/C(=O)Nc2cnn(Cc3c(Cl)cccc3Cl)c2)cc1COc1ccc(Br)cc1. The van der Waals surface area contributed by atoms with E-state index in [4.69, 9.17) is 32.7 Å². The Morgan fingerprint density at radius 1 is 1.11 bits per heavy atom. The monoisotopic (exact) mass is 585 g/mol. The van der Waals surface area contributed by atoms with Gasteiger partial charge in [0.05, 0.1) is 25.5 Å². The average molecular weight is 587 g/mol. The number of nitrogens with zero attached hydrogens (tertiary/aromatic N) is 2. The van der Waals surface area contributed by atoms with Crippen molar-refractivity contribution in [3.63, 3.8) is 0 Å². The summed E-state index contributed by atoms with van der Waals surface area (Å²) in [4.78, 5) is 12.5. The lowest BCUT2D eigenvalue weighted by Crippen LogP contribution is -2.07. The average Bonchev–Trinajstić information content (AvgIpc) is 3.31. The summed E-state index contributed by atoms with van der Waals surface area (Å²) >= 11 is 15.9. The number of hydrogen-bond acceptors (Lipinski definition) is 4. The maximum atomic E-state index is 12.5. The van der Waals surface area contributed by atoms with E-state index < -0.39 is 0 Å². The van der Waals surface area contributed by atoms with E-state index in [9.17, 15) is 4.79 Å². The molecule has 4 rings (SSSR count). The molecule has 36 heavy (non-hydrogen) atoms. The highest BCUT2D eigenvalue weighted by atomic mass is 79.9. The lowest BCUT2D eigenvalue weighted by Gasteiger charge is -2.11. The Labute approximate surface area is 227 Å². The maximum absolute atomic E-state index is 12.5. The van der Waals surface area contributed by atoms with Crippen molar-refractivity contribution in [2.24, 2.45) is 0 Å². The van der Waals surface area contributed by atoms with E-state index in [0.717, 1.165) is 26.9 Å². The van der Waals surface area contributed by atoms with Crippen LogP contribution in [0.5, 0.6) is 11.5 Å². The molecule has 0 radical (unpaired) electrons. The number of carbonyl (C=O) groups is 1. The molecule has 6 nitrogen and oxygen atoms in total. The Morgan fingerprint density at radius 2 is 1.86 bits per heavy atom. The number of amides is 1. The predicted molar refractivity (Wildman–Crippen MR) is 147 cm³/mol. The molecule has 0 fully saturated rings. The van der Waals surface area contributed by atoms with E-state index in [0.29, 0.717) is 34.6 Å². The van der Waals surface area contributed by atoms with Crippen molar-refractivity contribution in [2.75, 3.05) is 12.4 Å². The number of ether oxygens (including phenoxy) is 2. The minimum Gasteiger partial charge on any atom is -0.496 e. The molecule has 1 N–H and O–H groups in total. The molecule has 0 aliphatic carbocycles. The summed E-state index contributed by atoms with van der Waals surface area (Å²) in [7, 11) is 1.61. The van der Waals surface area contributed by atoms with Crippen LogP contribution >= 0.6 is 39.1 Å². The first kappa shape index (κ1) is 25.8. The highest BCUT2D eigenvalue weighted by Crippen LogP contribution is 2.26. The fraction of sp³-hybridized carbons (Fsp3) is 0.111. The quantitative estimate of drug-likeness (QED) is 0.210. The number of hydrogen-bond donors (Lipinski definition) is 1. The van der Waals surface area contributed by atoms with Gasteiger partial charge in [-0.25, -0.2) is 0 Å². The van der Waals surface area contributed by atoms with Crippen molar-refractivity contribution in [3.05, 3.63) is 110 Å². The van der Waals surface area contributed by atoms with Crippen molar-refractivity contribution in [3.8, 4) is 11.5 Å². The van der Waals surface area contributed by atoms with E-state index in [1.807, 2.05) is 42.5 Å². The normalized spacial score (nSPS) is 11.0. The second-order valence-corrected chi connectivity index (χ2v) is 9.49. The van der Waals surface area contributed by atoms with Gasteiger partial charge in [-0.05, 0) is 60.2 Å². The van der Waals surface area contributed by atoms with Crippen molar-refractivity contribution in [2.45, 2.75) is 13.2 Å². The topological polar surface area (TPSA) is 65.4 Å². The number of anilines is 1. The van der Waals surface area contributed by atoms with E-state index in [1.54, 1.807) is 48.5 Å². The van der Waals surface area contributed by atoms with Crippen molar-refractivity contribution < 1.29 is 14.3 Å². The molecule has 0 atom stereocenters. The van der Waals surface area contributed by atoms with E-state index in [2.05, 4.69) is 26.3 Å². The molecule has 0 aliphatic heterocycles. The van der Waals surface area contributed by atoms with Gasteiger partial charge in [-0.3, -0.25) is 9.48 Å². The molecule has 1 heterocycles. The van der Waals surface area contributed by atoms with E-state index in [1.165, 1.54) is 6.08 Å². The van der Waals surface area contributed by atoms with Crippen molar-refractivity contribution in [1.82, 2.24) is 9.78 Å². The van der Waals surface area contributed by atoms with Crippen LogP contribution in [0.15, 0.2) is 83.6 Å². The molecule has 0 bridgehead atoms. The van der Waals surface area contributed by atoms with Crippen LogP contribution in [0.25, 0.3) is 6.08 Å². The van der Waals surface area contributed by atoms with Crippen molar-refractivity contribution >= 4 is 56.8 Å². The van der Waals surface area contributed by atoms with E-state index >= 15 is 0 Å². The molecule has 4 aromatic rings. The number of rotatable bonds is 9. The van der Waals surface area contributed by atoms with Crippen LogP contribution in [0.2, 0.25) is 10.0 Å². The summed E-state index contributed by atoms with van der Waals surface area (Å²) in [6.07, 6.45) is 6.48. The van der Waals surface area contributed by atoms with Crippen molar-refractivity contribution in [1.29, 1.82) is 0 Å². The summed E-state index contributed by atoms with van der Waals surface area (Å²) in [6.45, 7) is 0.717. The third kappa shape index (κ3) is 6.91. The Hall–Kier alpha value is -3.26. The maximum Gasteiger partial charge on any atom is 0.248 e. The molecule has 0 aliphatic rings. The first-order valence-corrected chi connectivity index (χ1v) is 12.5. The number of aromatic nitrogens is 2. The summed E-state index contributed by atoms with van der Waals surface area (Å²) in [5.74, 6) is 1.17. The second kappa shape index (κ2) is 12.1. The van der Waals surface area contributed by atoms with Gasteiger partial charge < -0.3 is 14.8 Å². The first-order chi connectivity index (χ1) is 17.4. The van der Waals surface area contributed by atoms with Crippen LogP contribution in [0.4, 0.5) is 5.69 Å². The van der Waals surface area contributed by atoms with Gasteiger partial charge in [-0.2, -0.15) is 5.10 Å². The lowest BCUT2D eigenvalue weighted by atomic mass is 10.1. The Bertz CT molecular complexity index is 1370. The lowest BCUT2D eigenvalue weighted by molar-refractivity contribution is -0.111. The van der Waals surface area contributed by atoms with Crippen LogP contribution in [0.3, 0.4) is 0 Å². The van der Waals surface area contributed by atoms with Gasteiger partial charge in [0.25, 0.3) is 0 Å². The third-order valence-corrected chi connectivity index (χ3v) is 6.46. The number of methoxy groups -OCH3 is 1. The van der Waals surface area contributed by atoms with Crippen LogP contribution in [-0.4, -0.2) is 22.8 Å². The summed E-state index contributed by atoms with van der Waals surface area (Å²) < 4.78 is 14.0. The van der Waals surface area contributed by atoms with E-state index in [-0.39, 0.29) is 5.91 Å². The van der Waals surface area contributed by atoms with Crippen LogP contribution in [0, 0.1) is 0 Å². The van der Waals surface area contributed by atoms with Gasteiger partial charge in [0.2, 0.25) is 5.91 Å². The van der Waals surface area contributed by atoms with Gasteiger partial charge in [0, 0.05) is 37.9 Å². The zero-order valence-electron chi connectivity index (χ0n) is 19.3. The molecular weight excluding hydrogens is 565 g/mol. The summed E-state index contributed by atoms with van der Waals surface area (Å²) in [6, 6.07) is 18.6. The number of benzene rings is 3. The highest BCUT2D eigenvalue weighted by molar-refractivity contribution is 9.10. The highest BCUT2D eigenvalue weighted by Gasteiger charge is 2.09. The fourth-order valence-corrected chi connectivity index (χ4v) is 4.20. The fourth-order valence-electron chi connectivity index (χ4n) is 3.42. The first-order valence-electron chi connectivity index (χ1n) is 10.9. The zero-order chi connectivity index (χ0) is 25.5. The summed E-state index contributed by atoms with van der Waals surface area (Å²) in [5, 5.41) is 8.21. The number of nitrogens with one attached hydrogen (secondary N) is 1. The standard InChI is InChI=1S/C27H22BrCl2N3O3/c1-35-26-11-5-18(13-19(26)17-36-22-9-7-20(28)8-10-22)6-12-27(34)32-21-14-31-33(15-21)16-23-24(29)3-2-4-25(23)30/h2-15H,16-17H2,1H3,(H,32,34)/b12-6+. The Balaban J connectivity index is 1.38. The molecule has 0 unspecified atom stereocenters. The van der Waals surface area contributed by atoms with Gasteiger partial charge in [0.1, 0.15) is 18.1 Å². The molecular formula is C27H22BrCl2N3O3. The number of carbonyl (C=O) groups excluding carboxylic acids is 1. The molecule has 0 spiro atoms. The minimum atomic E-state index is -0.284. The molecule has 1 aromatic heterocycles. The predicted octanol–water partition coefficient (Wildman–Crippen LogP) is 7.24. The molecule has 0 saturated carbocycles. The second-order valence-electron chi connectivity index (χ2n) is 7.76. The molecule has 1 amide bonds. The van der Waals surface area contributed by atoms with Crippen LogP contribution in [0.1, 0.15) is 16.7 Å². The van der Waals surface area contributed by atoms with Crippen LogP contribution < -0.4 is 14.8 Å². The largest absolute Gasteiger partial charge is 0.496 e. The molecule has 9 heteroatoms. The minimum absolute atomic E-state index is 0.284. The van der Waals surface area contributed by atoms with Crippen LogP contribution in [-0.2, 0) is 17.9 Å². The molecule has 3 aromatic carbocycles. The van der Waals surface area contributed by atoms with Gasteiger partial charge in [-0.15, -0.1) is 0 Å². The summed E-state index contributed by atoms with van der Waals surface area (Å²) in [5.41, 5.74) is 3.03. The Morgan fingerprint density at radius 3 is 2.58 bits per heavy atom. The Kier molecular flexibility index (Phi) is 8.70. The molecule has 184 valence electrons.